The van der Waals surface area contributed by atoms with Gasteiger partial charge in [-0.1, -0.05) is 83.3 Å². The maximum atomic E-state index is 12.3. The molecule has 2 atom stereocenters. The first-order valence-corrected chi connectivity index (χ1v) is 12.4. The number of carbonyl (C=O) groups is 1. The standard InChI is InChI=1S/C25H37N3O4/c1-2-3-4-5-6-7-8-9-10-17-22-23(31-22)18-13-14-19-24(29)32-28-25(30)20-15-11-12-16-21(20)26-27-28/h11-12,15-16,22-23H,2-10,13-14,17-19H2,1H3. The van der Waals surface area contributed by atoms with E-state index in [2.05, 4.69) is 17.2 Å². The van der Waals surface area contributed by atoms with Crippen LogP contribution < -0.4 is 10.4 Å². The molecule has 1 saturated heterocycles. The molecule has 0 aliphatic carbocycles. The highest BCUT2D eigenvalue weighted by molar-refractivity contribution is 5.76. The summed E-state index contributed by atoms with van der Waals surface area (Å²) >= 11 is 0. The normalized spacial score (nSPS) is 17.5. The first-order chi connectivity index (χ1) is 15.7. The van der Waals surface area contributed by atoms with Gasteiger partial charge in [0.25, 0.3) is 0 Å². The van der Waals surface area contributed by atoms with Crippen molar-refractivity contribution in [3.8, 4) is 0 Å². The molecule has 176 valence electrons. The lowest BCUT2D eigenvalue weighted by Crippen LogP contribution is -2.33. The number of epoxide rings is 1. The van der Waals surface area contributed by atoms with Crippen molar-refractivity contribution in [2.45, 2.75) is 109 Å². The van der Waals surface area contributed by atoms with Crippen LogP contribution in [0, 0.1) is 0 Å². The van der Waals surface area contributed by atoms with E-state index in [0.29, 0.717) is 34.4 Å². The highest BCUT2D eigenvalue weighted by atomic mass is 16.7. The summed E-state index contributed by atoms with van der Waals surface area (Å²) in [4.78, 5) is 30.1. The summed E-state index contributed by atoms with van der Waals surface area (Å²) in [6, 6.07) is 6.84. The molecule has 2 aromatic rings. The largest absolute Gasteiger partial charge is 0.370 e. The van der Waals surface area contributed by atoms with E-state index in [9.17, 15) is 9.59 Å². The minimum atomic E-state index is -0.477. The van der Waals surface area contributed by atoms with Crippen molar-refractivity contribution in [2.75, 3.05) is 0 Å². The number of ether oxygens (including phenoxy) is 1. The maximum absolute atomic E-state index is 12.3. The molecule has 1 aromatic heterocycles. The van der Waals surface area contributed by atoms with Crippen molar-refractivity contribution in [1.29, 1.82) is 0 Å². The van der Waals surface area contributed by atoms with Gasteiger partial charge < -0.3 is 9.57 Å². The van der Waals surface area contributed by atoms with Crippen molar-refractivity contribution in [3.05, 3.63) is 34.6 Å². The van der Waals surface area contributed by atoms with Crippen molar-refractivity contribution in [1.82, 2.24) is 15.2 Å². The minimum absolute atomic E-state index is 0.247. The molecule has 7 heteroatoms. The van der Waals surface area contributed by atoms with Gasteiger partial charge in [-0.25, -0.2) is 4.79 Å². The van der Waals surface area contributed by atoms with Crippen LogP contribution in [0.25, 0.3) is 10.9 Å². The molecule has 1 aliphatic heterocycles. The predicted molar refractivity (Wildman–Crippen MR) is 124 cm³/mol. The number of nitrogens with zero attached hydrogens (tertiary/aromatic N) is 3. The van der Waals surface area contributed by atoms with Crippen LogP contribution in [0.2, 0.25) is 0 Å². The van der Waals surface area contributed by atoms with E-state index < -0.39 is 11.5 Å². The molecule has 1 aromatic carbocycles. The Balaban J connectivity index is 1.20. The van der Waals surface area contributed by atoms with Gasteiger partial charge >= 0.3 is 11.5 Å². The maximum Gasteiger partial charge on any atom is 0.335 e. The molecule has 0 spiro atoms. The lowest BCUT2D eigenvalue weighted by atomic mass is 10.0. The van der Waals surface area contributed by atoms with Gasteiger partial charge in [0.15, 0.2) is 0 Å². The molecule has 1 aliphatic rings. The second-order valence-electron chi connectivity index (χ2n) is 8.82. The van der Waals surface area contributed by atoms with E-state index in [1.807, 2.05) is 0 Å². The second kappa shape index (κ2) is 13.3. The Labute approximate surface area is 190 Å². The number of carbonyl (C=O) groups excluding carboxylic acids is 1. The van der Waals surface area contributed by atoms with Crippen molar-refractivity contribution in [3.63, 3.8) is 0 Å². The van der Waals surface area contributed by atoms with E-state index in [1.54, 1.807) is 24.3 Å². The topological polar surface area (TPSA) is 86.6 Å². The third-order valence-corrected chi connectivity index (χ3v) is 6.13. The molecule has 2 unspecified atom stereocenters. The van der Waals surface area contributed by atoms with Crippen LogP contribution >= 0.6 is 0 Å². The SMILES string of the molecule is CCCCCCCCCCCC1OC1CCCCC(=O)On1nnc2ccccc2c1=O. The van der Waals surface area contributed by atoms with E-state index >= 15 is 0 Å². The molecular weight excluding hydrogens is 406 g/mol. The Morgan fingerprint density at radius 1 is 0.938 bits per heavy atom. The summed E-state index contributed by atoms with van der Waals surface area (Å²) < 4.78 is 5.77. The monoisotopic (exact) mass is 443 g/mol. The van der Waals surface area contributed by atoms with Gasteiger partial charge in [-0.15, -0.1) is 5.10 Å². The lowest BCUT2D eigenvalue weighted by molar-refractivity contribution is -0.146. The number of hydrogen-bond acceptors (Lipinski definition) is 6. The molecule has 0 bridgehead atoms. The van der Waals surface area contributed by atoms with Gasteiger partial charge in [-0.3, -0.25) is 4.79 Å². The Bertz CT molecular complexity index is 898. The minimum Gasteiger partial charge on any atom is -0.370 e. The smallest absolute Gasteiger partial charge is 0.335 e. The van der Waals surface area contributed by atoms with Crippen LogP contribution in [0.5, 0.6) is 0 Å². The fraction of sp³-hybridized carbons (Fsp3) is 0.680. The van der Waals surface area contributed by atoms with Crippen LogP contribution in [-0.4, -0.2) is 33.3 Å². The van der Waals surface area contributed by atoms with E-state index in [0.717, 1.165) is 19.3 Å². The van der Waals surface area contributed by atoms with Gasteiger partial charge in [0, 0.05) is 6.42 Å². The van der Waals surface area contributed by atoms with Crippen molar-refractivity contribution >= 4 is 16.9 Å². The third-order valence-electron chi connectivity index (χ3n) is 6.13. The fourth-order valence-electron chi connectivity index (χ4n) is 4.13. The first kappa shape index (κ1) is 24.4. The molecule has 7 nitrogen and oxygen atoms in total. The number of aromatic nitrogens is 3. The van der Waals surface area contributed by atoms with E-state index in [-0.39, 0.29) is 6.42 Å². The summed E-state index contributed by atoms with van der Waals surface area (Å²) in [5, 5.41) is 7.96. The summed E-state index contributed by atoms with van der Waals surface area (Å²) in [5.41, 5.74) is 0.000797. The molecule has 3 rings (SSSR count). The molecule has 0 amide bonds. The van der Waals surface area contributed by atoms with Crippen LogP contribution in [0.15, 0.2) is 29.1 Å². The number of fused-ring (bicyclic) bond motifs is 1. The zero-order valence-corrected chi connectivity index (χ0v) is 19.3. The zero-order valence-electron chi connectivity index (χ0n) is 19.3. The van der Waals surface area contributed by atoms with Crippen molar-refractivity contribution in [2.24, 2.45) is 0 Å². The highest BCUT2D eigenvalue weighted by Gasteiger charge is 2.36. The summed E-state index contributed by atoms with van der Waals surface area (Å²) in [7, 11) is 0. The Kier molecular flexibility index (Phi) is 10.1. The average molecular weight is 444 g/mol. The average Bonchev–Trinajstić information content (AvgIpc) is 3.56. The molecule has 2 heterocycles. The van der Waals surface area contributed by atoms with Crippen molar-refractivity contribution < 1.29 is 14.4 Å². The summed E-state index contributed by atoms with van der Waals surface area (Å²) in [6.07, 6.45) is 16.9. The zero-order chi connectivity index (χ0) is 22.6. The fourth-order valence-corrected chi connectivity index (χ4v) is 4.13. The van der Waals surface area contributed by atoms with E-state index in [1.165, 1.54) is 57.8 Å². The van der Waals surface area contributed by atoms with Gasteiger partial charge in [-0.2, -0.15) is 0 Å². The summed E-state index contributed by atoms with van der Waals surface area (Å²) in [6.45, 7) is 2.26. The molecule has 0 saturated carbocycles. The molecular formula is C25H37N3O4. The molecule has 1 fully saturated rings. The Hall–Kier alpha value is -2.28. The van der Waals surface area contributed by atoms with Crippen LogP contribution in [-0.2, 0) is 9.53 Å². The number of hydrogen-bond donors (Lipinski definition) is 0. The van der Waals surface area contributed by atoms with Gasteiger partial charge in [0.2, 0.25) is 0 Å². The number of rotatable bonds is 16. The van der Waals surface area contributed by atoms with Gasteiger partial charge in [0.05, 0.1) is 17.6 Å². The Morgan fingerprint density at radius 2 is 1.56 bits per heavy atom. The number of unbranched alkanes of at least 4 members (excludes halogenated alkanes) is 9. The predicted octanol–water partition coefficient (Wildman–Crippen LogP) is 5.00. The molecule has 0 N–H and O–H groups in total. The van der Waals surface area contributed by atoms with Crippen LogP contribution in [0.4, 0.5) is 0 Å². The van der Waals surface area contributed by atoms with Crippen LogP contribution in [0.3, 0.4) is 0 Å². The second-order valence-corrected chi connectivity index (χ2v) is 8.82. The Morgan fingerprint density at radius 3 is 2.28 bits per heavy atom. The molecule has 32 heavy (non-hydrogen) atoms. The van der Waals surface area contributed by atoms with Gasteiger partial charge in [0.1, 0.15) is 5.52 Å². The number of benzene rings is 1. The quantitative estimate of drug-likeness (QED) is 0.206. The third kappa shape index (κ3) is 8.01. The van der Waals surface area contributed by atoms with E-state index in [4.69, 9.17) is 9.57 Å². The highest BCUT2D eigenvalue weighted by Crippen LogP contribution is 2.31. The molecule has 0 radical (unpaired) electrons. The summed E-state index contributed by atoms with van der Waals surface area (Å²) in [5.74, 6) is -0.473. The van der Waals surface area contributed by atoms with Gasteiger partial charge in [-0.05, 0) is 41.5 Å². The first-order valence-electron chi connectivity index (χ1n) is 12.4. The van der Waals surface area contributed by atoms with Crippen LogP contribution in [0.1, 0.15) is 96.8 Å². The lowest BCUT2D eigenvalue weighted by Gasteiger charge is -2.04.